The molecule has 0 atom stereocenters. The Hall–Kier alpha value is -0.780. The summed E-state index contributed by atoms with van der Waals surface area (Å²) in [6.45, 7) is 7.14. The molecule has 0 amide bonds. The summed E-state index contributed by atoms with van der Waals surface area (Å²) in [7, 11) is 0. The van der Waals surface area contributed by atoms with Crippen molar-refractivity contribution in [2.24, 2.45) is 5.41 Å². The number of aryl methyl sites for hydroxylation is 1. The van der Waals surface area contributed by atoms with Crippen molar-refractivity contribution in [3.63, 3.8) is 0 Å². The minimum Gasteiger partial charge on any atom is -0.0654 e. The lowest BCUT2D eigenvalue weighted by atomic mass is 9.68. The Morgan fingerprint density at radius 1 is 0.833 bits per heavy atom. The Morgan fingerprint density at radius 3 is 2.08 bits per heavy atom. The van der Waals surface area contributed by atoms with Gasteiger partial charge in [0.2, 0.25) is 0 Å². The van der Waals surface area contributed by atoms with E-state index in [9.17, 15) is 0 Å². The number of rotatable bonds is 10. The summed E-state index contributed by atoms with van der Waals surface area (Å²) in [6, 6.07) is 9.67. The zero-order chi connectivity index (χ0) is 17.3. The summed E-state index contributed by atoms with van der Waals surface area (Å²) in [6.07, 6.45) is 18.0. The third kappa shape index (κ3) is 6.26. The lowest BCUT2D eigenvalue weighted by Crippen LogP contribution is -2.23. The molecule has 0 N–H and O–H groups in total. The van der Waals surface area contributed by atoms with Gasteiger partial charge in [-0.3, -0.25) is 0 Å². The molecule has 0 heteroatoms. The maximum Gasteiger partial charge on any atom is -0.0162 e. The van der Waals surface area contributed by atoms with Gasteiger partial charge in [0.1, 0.15) is 0 Å². The van der Waals surface area contributed by atoms with E-state index in [4.69, 9.17) is 0 Å². The van der Waals surface area contributed by atoms with Crippen LogP contribution in [0.15, 0.2) is 24.3 Å². The topological polar surface area (TPSA) is 0 Å². The Kier molecular flexibility index (Phi) is 8.36. The molecule has 136 valence electrons. The highest BCUT2D eigenvalue weighted by Gasteiger charge is 2.30. The van der Waals surface area contributed by atoms with Crippen LogP contribution >= 0.6 is 0 Å². The molecule has 1 aromatic carbocycles. The Labute approximate surface area is 151 Å². The van der Waals surface area contributed by atoms with Crippen molar-refractivity contribution >= 4 is 0 Å². The summed E-state index contributed by atoms with van der Waals surface area (Å²) >= 11 is 0. The van der Waals surface area contributed by atoms with E-state index in [1.165, 1.54) is 83.5 Å². The van der Waals surface area contributed by atoms with Crippen molar-refractivity contribution in [3.8, 4) is 0 Å². The van der Waals surface area contributed by atoms with Gasteiger partial charge in [-0.05, 0) is 67.4 Å². The summed E-state index contributed by atoms with van der Waals surface area (Å²) in [4.78, 5) is 0. The van der Waals surface area contributed by atoms with Crippen LogP contribution in [0.25, 0.3) is 0 Å². The first kappa shape index (κ1) is 19.5. The first-order valence-electron chi connectivity index (χ1n) is 10.8. The maximum atomic E-state index is 2.53. The van der Waals surface area contributed by atoms with E-state index in [0.29, 0.717) is 5.41 Å². The van der Waals surface area contributed by atoms with Gasteiger partial charge in [-0.15, -0.1) is 0 Å². The molecule has 0 radical (unpaired) electrons. The molecular weight excluding hydrogens is 288 g/mol. The molecule has 24 heavy (non-hydrogen) atoms. The number of hydrogen-bond acceptors (Lipinski definition) is 0. The van der Waals surface area contributed by atoms with E-state index in [1.807, 2.05) is 0 Å². The van der Waals surface area contributed by atoms with Crippen LogP contribution in [0.4, 0.5) is 0 Å². The van der Waals surface area contributed by atoms with Crippen LogP contribution in [0.5, 0.6) is 0 Å². The van der Waals surface area contributed by atoms with Crippen molar-refractivity contribution in [1.29, 1.82) is 0 Å². The highest BCUT2D eigenvalue weighted by Crippen LogP contribution is 2.45. The van der Waals surface area contributed by atoms with Crippen LogP contribution in [-0.2, 0) is 6.42 Å². The lowest BCUT2D eigenvalue weighted by Gasteiger charge is -2.37. The zero-order valence-corrected chi connectivity index (χ0v) is 16.6. The normalized spacial score (nSPS) is 24.2. The van der Waals surface area contributed by atoms with Gasteiger partial charge in [0.15, 0.2) is 0 Å². The van der Waals surface area contributed by atoms with Crippen LogP contribution in [0.2, 0.25) is 0 Å². The average molecular weight is 329 g/mol. The van der Waals surface area contributed by atoms with Crippen LogP contribution in [0.1, 0.15) is 115 Å². The van der Waals surface area contributed by atoms with Crippen LogP contribution < -0.4 is 0 Å². The third-order valence-corrected chi connectivity index (χ3v) is 6.35. The molecule has 0 bridgehead atoms. The predicted octanol–water partition coefficient (Wildman–Crippen LogP) is 8.05. The Morgan fingerprint density at radius 2 is 1.46 bits per heavy atom. The van der Waals surface area contributed by atoms with Gasteiger partial charge in [-0.1, -0.05) is 83.6 Å². The largest absolute Gasteiger partial charge is 0.0654 e. The molecule has 0 unspecified atom stereocenters. The third-order valence-electron chi connectivity index (χ3n) is 6.35. The standard InChI is InChI=1S/C24H40/c1-4-6-8-9-10-11-21-12-14-22(15-13-21)23-16-19-24(3,20-17-23)18-7-5-2/h12-15,23H,4-11,16-20H2,1-3H3. The molecule has 0 aliphatic heterocycles. The van der Waals surface area contributed by atoms with Crippen molar-refractivity contribution in [2.75, 3.05) is 0 Å². The summed E-state index contributed by atoms with van der Waals surface area (Å²) in [5.41, 5.74) is 3.77. The van der Waals surface area contributed by atoms with E-state index in [-0.39, 0.29) is 0 Å². The second-order valence-corrected chi connectivity index (χ2v) is 8.59. The molecule has 0 saturated heterocycles. The monoisotopic (exact) mass is 328 g/mol. The van der Waals surface area contributed by atoms with E-state index in [1.54, 1.807) is 11.1 Å². The second kappa shape index (κ2) is 10.3. The molecule has 1 saturated carbocycles. The fraction of sp³-hybridized carbons (Fsp3) is 0.750. The minimum absolute atomic E-state index is 0.630. The molecule has 1 aliphatic carbocycles. The first-order valence-corrected chi connectivity index (χ1v) is 10.8. The van der Waals surface area contributed by atoms with Crippen molar-refractivity contribution in [2.45, 2.75) is 110 Å². The fourth-order valence-electron chi connectivity index (χ4n) is 4.39. The molecule has 0 spiro atoms. The highest BCUT2D eigenvalue weighted by molar-refractivity contribution is 5.26. The molecular formula is C24H40. The van der Waals surface area contributed by atoms with E-state index in [0.717, 1.165) is 5.92 Å². The van der Waals surface area contributed by atoms with Gasteiger partial charge in [-0.25, -0.2) is 0 Å². The van der Waals surface area contributed by atoms with Crippen molar-refractivity contribution < 1.29 is 0 Å². The van der Waals surface area contributed by atoms with Gasteiger partial charge in [0.05, 0.1) is 0 Å². The molecule has 0 nitrogen and oxygen atoms in total. The van der Waals surface area contributed by atoms with Crippen molar-refractivity contribution in [1.82, 2.24) is 0 Å². The van der Waals surface area contributed by atoms with Gasteiger partial charge in [-0.2, -0.15) is 0 Å². The molecule has 1 fully saturated rings. The van der Waals surface area contributed by atoms with Crippen LogP contribution in [-0.4, -0.2) is 0 Å². The van der Waals surface area contributed by atoms with Gasteiger partial charge >= 0.3 is 0 Å². The zero-order valence-electron chi connectivity index (χ0n) is 16.6. The average Bonchev–Trinajstić information content (AvgIpc) is 2.61. The molecule has 1 aliphatic rings. The van der Waals surface area contributed by atoms with Gasteiger partial charge in [0.25, 0.3) is 0 Å². The number of benzene rings is 1. The van der Waals surface area contributed by atoms with Crippen LogP contribution in [0, 0.1) is 5.41 Å². The lowest BCUT2D eigenvalue weighted by molar-refractivity contribution is 0.179. The van der Waals surface area contributed by atoms with Gasteiger partial charge < -0.3 is 0 Å². The molecule has 1 aromatic rings. The van der Waals surface area contributed by atoms with Crippen molar-refractivity contribution in [3.05, 3.63) is 35.4 Å². The van der Waals surface area contributed by atoms with E-state index >= 15 is 0 Å². The van der Waals surface area contributed by atoms with E-state index < -0.39 is 0 Å². The SMILES string of the molecule is CCCCCCCc1ccc(C2CCC(C)(CCCC)CC2)cc1. The molecule has 2 rings (SSSR count). The number of hydrogen-bond donors (Lipinski definition) is 0. The second-order valence-electron chi connectivity index (χ2n) is 8.59. The summed E-state index contributed by atoms with van der Waals surface area (Å²) in [5.74, 6) is 0.818. The number of unbranched alkanes of at least 4 members (excludes halogenated alkanes) is 5. The Bertz CT molecular complexity index is 434. The molecule has 0 heterocycles. The predicted molar refractivity (Wildman–Crippen MR) is 108 cm³/mol. The fourth-order valence-corrected chi connectivity index (χ4v) is 4.39. The Balaban J connectivity index is 1.75. The smallest absolute Gasteiger partial charge is 0.0162 e. The summed E-state index contributed by atoms with van der Waals surface area (Å²) < 4.78 is 0. The minimum atomic E-state index is 0.630. The van der Waals surface area contributed by atoms with E-state index in [2.05, 4.69) is 45.0 Å². The van der Waals surface area contributed by atoms with Crippen LogP contribution in [0.3, 0.4) is 0 Å². The molecule has 0 aromatic heterocycles. The maximum absolute atomic E-state index is 2.53. The quantitative estimate of drug-likeness (QED) is 0.381. The summed E-state index contributed by atoms with van der Waals surface area (Å²) in [5, 5.41) is 0. The highest BCUT2D eigenvalue weighted by atomic mass is 14.4. The van der Waals surface area contributed by atoms with Gasteiger partial charge in [0, 0.05) is 0 Å². The first-order chi connectivity index (χ1) is 11.7.